The molecule has 0 unspecified atom stereocenters. The first kappa shape index (κ1) is 14.5. The second-order valence-corrected chi connectivity index (χ2v) is 4.31. The molecule has 0 N–H and O–H groups in total. The Morgan fingerprint density at radius 3 is 2.41 bits per heavy atom. The molecule has 0 aliphatic rings. The molecule has 0 saturated heterocycles. The number of rotatable bonds is 3. The van der Waals surface area contributed by atoms with Crippen LogP contribution in [0, 0.1) is 6.07 Å². The average Bonchev–Trinajstić information content (AvgIpc) is 2.25. The summed E-state index contributed by atoms with van der Waals surface area (Å²) in [5.41, 5.74) is -0.855. The first-order valence-corrected chi connectivity index (χ1v) is 5.35. The van der Waals surface area contributed by atoms with Crippen LogP contribution in [-0.4, -0.2) is 6.61 Å². The molecular formula is C10H5Cl3F3O. The fourth-order valence-corrected chi connectivity index (χ4v) is 1.06. The van der Waals surface area contributed by atoms with E-state index in [1.54, 1.807) is 0 Å². The van der Waals surface area contributed by atoms with E-state index in [4.69, 9.17) is 39.5 Å². The van der Waals surface area contributed by atoms with Gasteiger partial charge in [0.2, 0.25) is 0 Å². The topological polar surface area (TPSA) is 9.23 Å². The predicted octanol–water partition coefficient (Wildman–Crippen LogP) is 4.77. The quantitative estimate of drug-likeness (QED) is 0.781. The Morgan fingerprint density at radius 2 is 1.88 bits per heavy atom. The standard InChI is InChI=1S/C10H5Cl3F3O/c11-8(9(12)13)5-17-7-3-1-2-6(4-7)10(14,15)16/h2-4H,5H2. The van der Waals surface area contributed by atoms with Gasteiger partial charge in [0.15, 0.2) is 0 Å². The van der Waals surface area contributed by atoms with Crippen LogP contribution in [-0.2, 0) is 6.18 Å². The zero-order chi connectivity index (χ0) is 13.1. The molecule has 1 aromatic carbocycles. The maximum atomic E-state index is 12.3. The molecule has 0 aliphatic carbocycles. The highest BCUT2D eigenvalue weighted by molar-refractivity contribution is 6.59. The van der Waals surface area contributed by atoms with Crippen LogP contribution in [0.1, 0.15) is 5.56 Å². The zero-order valence-corrected chi connectivity index (χ0v) is 10.4. The molecule has 93 valence electrons. The number of benzene rings is 1. The third-order valence-electron chi connectivity index (χ3n) is 1.66. The van der Waals surface area contributed by atoms with Gasteiger partial charge in [0.1, 0.15) is 16.8 Å². The van der Waals surface area contributed by atoms with Crippen LogP contribution in [0.3, 0.4) is 0 Å². The first-order chi connectivity index (χ1) is 7.80. The molecule has 1 nitrogen and oxygen atoms in total. The Morgan fingerprint density at radius 1 is 1.24 bits per heavy atom. The van der Waals surface area contributed by atoms with E-state index < -0.39 is 11.7 Å². The summed E-state index contributed by atoms with van der Waals surface area (Å²) in [6.45, 7) is -0.209. The third kappa shape index (κ3) is 4.66. The van der Waals surface area contributed by atoms with E-state index in [0.717, 1.165) is 12.1 Å². The molecule has 0 fully saturated rings. The van der Waals surface area contributed by atoms with Crippen molar-refractivity contribution in [1.82, 2.24) is 0 Å². The average molecular weight is 305 g/mol. The zero-order valence-electron chi connectivity index (χ0n) is 8.12. The lowest BCUT2D eigenvalue weighted by Gasteiger charge is -2.09. The normalized spacial score (nSPS) is 11.2. The van der Waals surface area contributed by atoms with E-state index in [1.165, 1.54) is 6.07 Å². The van der Waals surface area contributed by atoms with Crippen LogP contribution < -0.4 is 4.74 Å². The molecule has 0 aliphatic heterocycles. The van der Waals surface area contributed by atoms with Crippen molar-refractivity contribution in [2.24, 2.45) is 0 Å². The molecule has 7 heteroatoms. The summed E-state index contributed by atoms with van der Waals surface area (Å²) < 4.78 is 41.8. The smallest absolute Gasteiger partial charge is 0.416 e. The van der Waals surface area contributed by atoms with Gasteiger partial charge in [-0.1, -0.05) is 34.8 Å². The van der Waals surface area contributed by atoms with Gasteiger partial charge in [0.05, 0.1) is 10.6 Å². The molecule has 0 amide bonds. The van der Waals surface area contributed by atoms with Crippen molar-refractivity contribution in [2.45, 2.75) is 6.18 Å². The number of ether oxygens (including phenoxy) is 1. The minimum atomic E-state index is -4.44. The molecule has 0 spiro atoms. The van der Waals surface area contributed by atoms with Crippen LogP contribution in [0.2, 0.25) is 0 Å². The summed E-state index contributed by atoms with van der Waals surface area (Å²) in [4.78, 5) is 0. The Balaban J connectivity index is 2.77. The fraction of sp³-hybridized carbons (Fsp3) is 0.200. The summed E-state index contributed by atoms with van der Waals surface area (Å²) in [7, 11) is 0. The van der Waals surface area contributed by atoms with E-state index in [-0.39, 0.29) is 21.9 Å². The van der Waals surface area contributed by atoms with Crippen LogP contribution >= 0.6 is 34.8 Å². The van der Waals surface area contributed by atoms with Crippen LogP contribution in [0.5, 0.6) is 5.75 Å². The van der Waals surface area contributed by atoms with Crippen LogP contribution in [0.15, 0.2) is 27.7 Å². The fourth-order valence-electron chi connectivity index (χ4n) is 0.898. The SMILES string of the molecule is FC(F)(F)c1c[c]cc(OCC(Cl)=C(Cl)Cl)c1. The van der Waals surface area contributed by atoms with Gasteiger partial charge in [-0.25, -0.2) is 0 Å². The van der Waals surface area contributed by atoms with Gasteiger partial charge in [-0.3, -0.25) is 0 Å². The van der Waals surface area contributed by atoms with Crippen molar-refractivity contribution in [1.29, 1.82) is 0 Å². The Bertz CT molecular complexity index is 425. The maximum absolute atomic E-state index is 12.3. The molecule has 0 saturated carbocycles. The van der Waals surface area contributed by atoms with Crippen molar-refractivity contribution in [3.05, 3.63) is 39.4 Å². The molecule has 0 aromatic heterocycles. The lowest BCUT2D eigenvalue weighted by Crippen LogP contribution is -2.05. The molecule has 0 bridgehead atoms. The van der Waals surface area contributed by atoms with Gasteiger partial charge in [0.25, 0.3) is 0 Å². The second kappa shape index (κ2) is 5.85. The van der Waals surface area contributed by atoms with E-state index in [2.05, 4.69) is 6.07 Å². The Labute approximate surface area is 111 Å². The molecule has 1 radical (unpaired) electrons. The van der Waals surface area contributed by atoms with Crippen molar-refractivity contribution in [3.8, 4) is 5.75 Å². The molecule has 1 rings (SSSR count). The minimum absolute atomic E-state index is 0.00532. The molecule has 17 heavy (non-hydrogen) atoms. The van der Waals surface area contributed by atoms with Gasteiger partial charge >= 0.3 is 6.18 Å². The summed E-state index contributed by atoms with van der Waals surface area (Å²) >= 11 is 16.2. The van der Waals surface area contributed by atoms with Gasteiger partial charge < -0.3 is 4.74 Å². The van der Waals surface area contributed by atoms with Gasteiger partial charge in [0, 0.05) is 0 Å². The highest BCUT2D eigenvalue weighted by Crippen LogP contribution is 2.31. The van der Waals surface area contributed by atoms with Crippen molar-refractivity contribution < 1.29 is 17.9 Å². The van der Waals surface area contributed by atoms with E-state index >= 15 is 0 Å². The monoisotopic (exact) mass is 303 g/mol. The van der Waals surface area contributed by atoms with E-state index in [0.29, 0.717) is 0 Å². The number of hydrogen-bond acceptors (Lipinski definition) is 1. The highest BCUT2D eigenvalue weighted by Gasteiger charge is 2.30. The summed E-state index contributed by atoms with van der Waals surface area (Å²) in [6.07, 6.45) is -4.44. The van der Waals surface area contributed by atoms with Crippen molar-refractivity contribution >= 4 is 34.8 Å². The lowest BCUT2D eigenvalue weighted by atomic mass is 10.2. The molecule has 0 atom stereocenters. The summed E-state index contributed by atoms with van der Waals surface area (Å²) in [6, 6.07) is 5.22. The van der Waals surface area contributed by atoms with Crippen molar-refractivity contribution in [3.63, 3.8) is 0 Å². The summed E-state index contributed by atoms with van der Waals surface area (Å²) in [5, 5.41) is 0.00532. The van der Waals surface area contributed by atoms with Gasteiger partial charge in [-0.05, 0) is 24.3 Å². The Hall–Kier alpha value is -0.580. The molecule has 1 aromatic rings. The van der Waals surface area contributed by atoms with E-state index in [9.17, 15) is 13.2 Å². The van der Waals surface area contributed by atoms with Crippen LogP contribution in [0.4, 0.5) is 13.2 Å². The van der Waals surface area contributed by atoms with E-state index in [1.807, 2.05) is 0 Å². The minimum Gasteiger partial charge on any atom is -0.488 e. The lowest BCUT2D eigenvalue weighted by molar-refractivity contribution is -0.137. The van der Waals surface area contributed by atoms with Gasteiger partial charge in [-0.15, -0.1) is 0 Å². The largest absolute Gasteiger partial charge is 0.488 e. The highest BCUT2D eigenvalue weighted by atomic mass is 35.5. The Kier molecular flexibility index (Phi) is 4.98. The second-order valence-electron chi connectivity index (χ2n) is 2.91. The first-order valence-electron chi connectivity index (χ1n) is 4.21. The number of hydrogen-bond donors (Lipinski definition) is 0. The maximum Gasteiger partial charge on any atom is 0.416 e. The summed E-state index contributed by atoms with van der Waals surface area (Å²) in [5.74, 6) is -0.0208. The molecular weight excluding hydrogens is 299 g/mol. The van der Waals surface area contributed by atoms with Crippen molar-refractivity contribution in [2.75, 3.05) is 6.61 Å². The van der Waals surface area contributed by atoms with Gasteiger partial charge in [-0.2, -0.15) is 13.2 Å². The van der Waals surface area contributed by atoms with Crippen LogP contribution in [0.25, 0.3) is 0 Å². The third-order valence-corrected chi connectivity index (χ3v) is 2.61. The number of alkyl halides is 3. The predicted molar refractivity (Wildman–Crippen MR) is 60.4 cm³/mol. The molecule has 0 heterocycles. The number of halogens is 6.